The van der Waals surface area contributed by atoms with Gasteiger partial charge in [0.1, 0.15) is 11.5 Å². The zero-order valence-corrected chi connectivity index (χ0v) is 15.5. The molecule has 0 aliphatic carbocycles. The lowest BCUT2D eigenvalue weighted by Crippen LogP contribution is -2.00. The average molecular weight is 408 g/mol. The highest BCUT2D eigenvalue weighted by Crippen LogP contribution is 2.26. The zero-order valence-electron chi connectivity index (χ0n) is 13.9. The lowest BCUT2D eigenvalue weighted by molar-refractivity contribution is 0.0600. The molecule has 0 fully saturated rings. The molecule has 2 aromatic carbocycles. The van der Waals surface area contributed by atoms with E-state index in [-0.39, 0.29) is 5.97 Å². The Hall–Kier alpha value is -3.10. The highest BCUT2D eigenvalue weighted by atomic mass is 79.9. The van der Waals surface area contributed by atoms with E-state index in [1.807, 2.05) is 30.3 Å². The number of nitrogens with zero attached hydrogens (tertiary/aromatic N) is 1. The minimum absolute atomic E-state index is 0.382. The minimum atomic E-state index is -0.382. The van der Waals surface area contributed by atoms with Gasteiger partial charge in [0.25, 0.3) is 0 Å². The second kappa shape index (κ2) is 7.85. The van der Waals surface area contributed by atoms with Crippen LogP contribution in [0, 0.1) is 11.3 Å². The quantitative estimate of drug-likeness (QED) is 0.419. The van der Waals surface area contributed by atoms with Crippen LogP contribution in [0.15, 0.2) is 69.6 Å². The van der Waals surface area contributed by atoms with E-state index in [1.54, 1.807) is 36.4 Å². The maximum atomic E-state index is 11.5. The number of hydrogen-bond acceptors (Lipinski definition) is 4. The number of allylic oxidation sites excluding steroid dienone is 1. The molecule has 0 aliphatic heterocycles. The molecule has 3 rings (SSSR count). The first kappa shape index (κ1) is 17.7. The van der Waals surface area contributed by atoms with Crippen LogP contribution in [0.3, 0.4) is 0 Å². The third-order valence-electron chi connectivity index (χ3n) is 3.78. The molecule has 0 bridgehead atoms. The van der Waals surface area contributed by atoms with Gasteiger partial charge in [-0.2, -0.15) is 5.26 Å². The van der Waals surface area contributed by atoms with E-state index < -0.39 is 0 Å². The topological polar surface area (TPSA) is 63.2 Å². The first-order chi connectivity index (χ1) is 12.6. The van der Waals surface area contributed by atoms with Crippen LogP contribution >= 0.6 is 15.9 Å². The van der Waals surface area contributed by atoms with Crippen molar-refractivity contribution in [1.82, 2.24) is 0 Å². The molecule has 128 valence electrons. The highest BCUT2D eigenvalue weighted by Gasteiger charge is 2.09. The summed E-state index contributed by atoms with van der Waals surface area (Å²) in [6.07, 6.45) is 1.70. The number of benzene rings is 2. The van der Waals surface area contributed by atoms with E-state index >= 15 is 0 Å². The maximum Gasteiger partial charge on any atom is 0.337 e. The molecule has 5 heteroatoms. The lowest BCUT2D eigenvalue weighted by atomic mass is 10.1. The molecule has 1 aromatic heterocycles. The maximum absolute atomic E-state index is 11.5. The van der Waals surface area contributed by atoms with Gasteiger partial charge in [-0.05, 0) is 48.0 Å². The van der Waals surface area contributed by atoms with Crippen molar-refractivity contribution in [1.29, 1.82) is 5.26 Å². The molecule has 0 N–H and O–H groups in total. The standard InChI is InChI=1S/C21H14BrNO3/c1-25-21(24)16-4-2-15(3-5-16)20-11-10-19(26-20)12-17(13-23)14-6-8-18(22)9-7-14/h2-12H,1H3/b17-12-. The van der Waals surface area contributed by atoms with Crippen LogP contribution < -0.4 is 0 Å². The SMILES string of the molecule is COC(=O)c1ccc(-c2ccc(/C=C(/C#N)c3ccc(Br)cc3)o2)cc1. The van der Waals surface area contributed by atoms with E-state index in [1.165, 1.54) is 7.11 Å². The van der Waals surface area contributed by atoms with E-state index in [2.05, 4.69) is 26.7 Å². The van der Waals surface area contributed by atoms with Crippen LogP contribution in [0.4, 0.5) is 0 Å². The molecule has 0 atom stereocenters. The first-order valence-electron chi connectivity index (χ1n) is 7.77. The molecule has 0 saturated carbocycles. The van der Waals surface area contributed by atoms with Gasteiger partial charge in [0, 0.05) is 10.0 Å². The molecule has 26 heavy (non-hydrogen) atoms. The van der Waals surface area contributed by atoms with Crippen LogP contribution in [-0.4, -0.2) is 13.1 Å². The summed E-state index contributed by atoms with van der Waals surface area (Å²) >= 11 is 3.38. The summed E-state index contributed by atoms with van der Waals surface area (Å²) in [5.74, 6) is 0.852. The number of rotatable bonds is 4. The Morgan fingerprint density at radius 3 is 2.31 bits per heavy atom. The fourth-order valence-corrected chi connectivity index (χ4v) is 2.69. The predicted molar refractivity (Wildman–Crippen MR) is 103 cm³/mol. The molecular formula is C21H14BrNO3. The lowest BCUT2D eigenvalue weighted by Gasteiger charge is -2.01. The number of carbonyl (C=O) groups is 1. The summed E-state index contributed by atoms with van der Waals surface area (Å²) in [5, 5.41) is 9.42. The van der Waals surface area contributed by atoms with Crippen molar-refractivity contribution < 1.29 is 13.9 Å². The van der Waals surface area contributed by atoms with Gasteiger partial charge in [0.2, 0.25) is 0 Å². The average Bonchev–Trinajstić information content (AvgIpc) is 3.15. The zero-order chi connectivity index (χ0) is 18.5. The number of carbonyl (C=O) groups excluding carboxylic acids is 1. The number of hydrogen-bond donors (Lipinski definition) is 0. The molecule has 0 radical (unpaired) electrons. The minimum Gasteiger partial charge on any atom is -0.465 e. The molecule has 1 heterocycles. The Bertz CT molecular complexity index is 993. The van der Waals surface area contributed by atoms with Crippen molar-refractivity contribution in [2.75, 3.05) is 7.11 Å². The number of halogens is 1. The fraction of sp³-hybridized carbons (Fsp3) is 0.0476. The van der Waals surface area contributed by atoms with E-state index in [9.17, 15) is 10.1 Å². The Morgan fingerprint density at radius 2 is 1.69 bits per heavy atom. The monoisotopic (exact) mass is 407 g/mol. The number of furan rings is 1. The molecular weight excluding hydrogens is 394 g/mol. The van der Waals surface area contributed by atoms with Gasteiger partial charge >= 0.3 is 5.97 Å². The van der Waals surface area contributed by atoms with Crippen molar-refractivity contribution in [2.45, 2.75) is 0 Å². The predicted octanol–water partition coefficient (Wildman–Crippen LogP) is 5.56. The number of nitriles is 1. The van der Waals surface area contributed by atoms with Gasteiger partial charge in [-0.15, -0.1) is 0 Å². The second-order valence-electron chi connectivity index (χ2n) is 5.45. The largest absolute Gasteiger partial charge is 0.465 e. The summed E-state index contributed by atoms with van der Waals surface area (Å²) in [4.78, 5) is 11.5. The summed E-state index contributed by atoms with van der Waals surface area (Å²) in [7, 11) is 1.35. The molecule has 0 spiro atoms. The Morgan fingerprint density at radius 1 is 1.04 bits per heavy atom. The van der Waals surface area contributed by atoms with Crippen LogP contribution in [0.2, 0.25) is 0 Å². The Kier molecular flexibility index (Phi) is 5.35. The smallest absolute Gasteiger partial charge is 0.337 e. The summed E-state index contributed by atoms with van der Waals surface area (Å²) in [6, 6.07) is 20.3. The van der Waals surface area contributed by atoms with Crippen molar-refractivity contribution in [3.8, 4) is 17.4 Å². The second-order valence-corrected chi connectivity index (χ2v) is 6.36. The normalized spacial score (nSPS) is 11.0. The van der Waals surface area contributed by atoms with E-state index in [4.69, 9.17) is 4.42 Å². The van der Waals surface area contributed by atoms with E-state index in [0.717, 1.165) is 15.6 Å². The Labute approximate surface area is 159 Å². The summed E-state index contributed by atoms with van der Waals surface area (Å²) in [6.45, 7) is 0. The summed E-state index contributed by atoms with van der Waals surface area (Å²) < 4.78 is 11.5. The van der Waals surface area contributed by atoms with Crippen LogP contribution in [-0.2, 0) is 4.74 Å². The van der Waals surface area contributed by atoms with Crippen LogP contribution in [0.1, 0.15) is 21.7 Å². The van der Waals surface area contributed by atoms with Gasteiger partial charge < -0.3 is 9.15 Å². The highest BCUT2D eigenvalue weighted by molar-refractivity contribution is 9.10. The van der Waals surface area contributed by atoms with Crippen LogP contribution in [0.25, 0.3) is 23.0 Å². The van der Waals surface area contributed by atoms with Crippen molar-refractivity contribution >= 4 is 33.5 Å². The Balaban J connectivity index is 1.86. The molecule has 0 saturated heterocycles. The first-order valence-corrected chi connectivity index (χ1v) is 8.56. The molecule has 0 unspecified atom stereocenters. The third kappa shape index (κ3) is 3.93. The van der Waals surface area contributed by atoms with Gasteiger partial charge in [-0.1, -0.05) is 40.2 Å². The molecule has 3 aromatic rings. The molecule has 0 aliphatic rings. The van der Waals surface area contributed by atoms with Crippen molar-refractivity contribution in [3.05, 3.63) is 82.0 Å². The van der Waals surface area contributed by atoms with Crippen molar-refractivity contribution in [3.63, 3.8) is 0 Å². The number of esters is 1. The van der Waals surface area contributed by atoms with Crippen LogP contribution in [0.5, 0.6) is 0 Å². The van der Waals surface area contributed by atoms with Gasteiger partial charge in [-0.3, -0.25) is 0 Å². The van der Waals surface area contributed by atoms with Gasteiger partial charge in [0.15, 0.2) is 0 Å². The number of methoxy groups -OCH3 is 1. The van der Waals surface area contributed by atoms with Gasteiger partial charge in [-0.25, -0.2) is 4.79 Å². The molecule has 4 nitrogen and oxygen atoms in total. The van der Waals surface area contributed by atoms with Gasteiger partial charge in [0.05, 0.1) is 24.3 Å². The van der Waals surface area contributed by atoms with E-state index in [0.29, 0.717) is 22.7 Å². The van der Waals surface area contributed by atoms with Crippen molar-refractivity contribution in [2.24, 2.45) is 0 Å². The molecule has 0 amide bonds. The number of ether oxygens (including phenoxy) is 1. The summed E-state index contributed by atoms with van der Waals surface area (Å²) in [5.41, 5.74) is 2.64. The third-order valence-corrected chi connectivity index (χ3v) is 4.31. The fourth-order valence-electron chi connectivity index (χ4n) is 2.43.